The molecule has 1 amide bonds. The Balaban J connectivity index is 1.84. The molecule has 3 heteroatoms. The van der Waals surface area contributed by atoms with Gasteiger partial charge < -0.3 is 10.4 Å². The summed E-state index contributed by atoms with van der Waals surface area (Å²) in [5.41, 5.74) is 1.65. The lowest BCUT2D eigenvalue weighted by molar-refractivity contribution is -0.117. The van der Waals surface area contributed by atoms with Crippen LogP contribution in [0.1, 0.15) is 50.5 Å². The molecule has 112 valence electrons. The van der Waals surface area contributed by atoms with Crippen LogP contribution in [0.2, 0.25) is 0 Å². The Morgan fingerprint density at radius 3 is 2.43 bits per heavy atom. The van der Waals surface area contributed by atoms with Gasteiger partial charge in [-0.3, -0.25) is 4.79 Å². The number of amides is 1. The molecular formula is C18H23NO2. The second-order valence-electron chi connectivity index (χ2n) is 5.65. The molecule has 2 rings (SSSR count). The van der Waals surface area contributed by atoms with Crippen molar-refractivity contribution in [3.8, 4) is 11.8 Å². The first kappa shape index (κ1) is 15.6. The summed E-state index contributed by atoms with van der Waals surface area (Å²) < 4.78 is 0. The summed E-state index contributed by atoms with van der Waals surface area (Å²) in [5.74, 6) is 6.09. The monoisotopic (exact) mass is 285 g/mol. The van der Waals surface area contributed by atoms with Gasteiger partial charge in [0.05, 0.1) is 0 Å². The van der Waals surface area contributed by atoms with Gasteiger partial charge in [-0.2, -0.15) is 0 Å². The van der Waals surface area contributed by atoms with Crippen LogP contribution in [0.4, 0.5) is 5.69 Å². The molecule has 0 bridgehead atoms. The van der Waals surface area contributed by atoms with Gasteiger partial charge >= 0.3 is 0 Å². The highest BCUT2D eigenvalue weighted by atomic mass is 16.2. The highest BCUT2D eigenvalue weighted by Gasteiger charge is 2.16. The summed E-state index contributed by atoms with van der Waals surface area (Å²) in [4.78, 5) is 12.1. The molecule has 0 unspecified atom stereocenters. The summed E-state index contributed by atoms with van der Waals surface area (Å²) in [5, 5.41) is 11.6. The lowest BCUT2D eigenvalue weighted by atomic mass is 9.96. The van der Waals surface area contributed by atoms with Gasteiger partial charge in [-0.05, 0) is 43.0 Å². The van der Waals surface area contributed by atoms with E-state index in [2.05, 4.69) is 17.2 Å². The number of anilines is 1. The van der Waals surface area contributed by atoms with E-state index in [1.54, 1.807) is 0 Å². The van der Waals surface area contributed by atoms with E-state index in [-0.39, 0.29) is 12.5 Å². The maximum absolute atomic E-state index is 12.1. The Labute approximate surface area is 126 Å². The third kappa shape index (κ3) is 5.61. The van der Waals surface area contributed by atoms with E-state index in [0.717, 1.165) is 11.3 Å². The molecule has 2 N–H and O–H groups in total. The predicted octanol–water partition coefficient (Wildman–Crippen LogP) is 3.33. The summed E-state index contributed by atoms with van der Waals surface area (Å²) in [6.45, 7) is -0.139. The van der Waals surface area contributed by atoms with Crippen molar-refractivity contribution >= 4 is 11.6 Å². The van der Waals surface area contributed by atoms with E-state index in [9.17, 15) is 4.79 Å². The van der Waals surface area contributed by atoms with E-state index in [1.165, 1.54) is 38.5 Å². The number of hydrogen-bond acceptors (Lipinski definition) is 2. The first-order valence-electron chi connectivity index (χ1n) is 7.77. The van der Waals surface area contributed by atoms with Gasteiger partial charge in [0, 0.05) is 17.7 Å². The fourth-order valence-corrected chi connectivity index (χ4v) is 2.82. The molecule has 0 aliphatic heterocycles. The van der Waals surface area contributed by atoms with Crippen molar-refractivity contribution in [2.75, 3.05) is 11.9 Å². The predicted molar refractivity (Wildman–Crippen MR) is 84.8 cm³/mol. The zero-order chi connectivity index (χ0) is 14.9. The van der Waals surface area contributed by atoms with E-state index >= 15 is 0 Å². The molecule has 1 saturated carbocycles. The number of hydrogen-bond donors (Lipinski definition) is 2. The van der Waals surface area contributed by atoms with E-state index in [0.29, 0.717) is 12.3 Å². The van der Waals surface area contributed by atoms with Crippen LogP contribution >= 0.6 is 0 Å². The zero-order valence-electron chi connectivity index (χ0n) is 12.4. The minimum atomic E-state index is -0.139. The van der Waals surface area contributed by atoms with Crippen molar-refractivity contribution in [1.29, 1.82) is 0 Å². The van der Waals surface area contributed by atoms with Gasteiger partial charge in [0.2, 0.25) is 5.91 Å². The first-order chi connectivity index (χ1) is 10.3. The van der Waals surface area contributed by atoms with Crippen molar-refractivity contribution in [2.24, 2.45) is 5.92 Å². The molecule has 0 saturated heterocycles. The summed E-state index contributed by atoms with van der Waals surface area (Å²) in [6, 6.07) is 7.41. The van der Waals surface area contributed by atoms with Crippen LogP contribution < -0.4 is 5.32 Å². The number of carbonyl (C=O) groups is 1. The van der Waals surface area contributed by atoms with E-state index in [1.807, 2.05) is 24.3 Å². The molecule has 1 aliphatic carbocycles. The topological polar surface area (TPSA) is 49.3 Å². The van der Waals surface area contributed by atoms with Gasteiger partial charge in [0.25, 0.3) is 0 Å². The largest absolute Gasteiger partial charge is 0.384 e. The number of aliphatic hydroxyl groups excluding tert-OH is 1. The number of benzene rings is 1. The summed E-state index contributed by atoms with van der Waals surface area (Å²) in [6.07, 6.45) is 8.15. The van der Waals surface area contributed by atoms with Crippen LogP contribution in [0.25, 0.3) is 0 Å². The molecule has 1 fully saturated rings. The van der Waals surface area contributed by atoms with Gasteiger partial charge in [-0.15, -0.1) is 0 Å². The average molecular weight is 285 g/mol. The van der Waals surface area contributed by atoms with Gasteiger partial charge in [-0.25, -0.2) is 0 Å². The molecule has 1 aromatic rings. The Kier molecular flexibility index (Phi) is 6.30. The van der Waals surface area contributed by atoms with Crippen LogP contribution in [0.3, 0.4) is 0 Å². The van der Waals surface area contributed by atoms with Crippen molar-refractivity contribution in [1.82, 2.24) is 0 Å². The highest BCUT2D eigenvalue weighted by Crippen LogP contribution is 2.25. The minimum absolute atomic E-state index is 0.107. The molecule has 0 radical (unpaired) electrons. The Hall–Kier alpha value is -1.79. The lowest BCUT2D eigenvalue weighted by Crippen LogP contribution is -2.16. The van der Waals surface area contributed by atoms with Crippen molar-refractivity contribution in [3.63, 3.8) is 0 Å². The number of nitrogens with one attached hydrogen (secondary N) is 1. The molecule has 1 aromatic carbocycles. The molecule has 0 heterocycles. The molecule has 1 aliphatic rings. The SMILES string of the molecule is O=C(CC1CCCCCC1)Nc1ccc(C#CCO)cc1. The van der Waals surface area contributed by atoms with E-state index < -0.39 is 0 Å². The van der Waals surface area contributed by atoms with Crippen LogP contribution in [0.5, 0.6) is 0 Å². The van der Waals surface area contributed by atoms with Crippen molar-refractivity contribution in [2.45, 2.75) is 44.9 Å². The second kappa shape index (κ2) is 8.49. The van der Waals surface area contributed by atoms with Crippen LogP contribution in [-0.2, 0) is 4.79 Å². The van der Waals surface area contributed by atoms with Crippen LogP contribution in [0, 0.1) is 17.8 Å². The summed E-state index contributed by atoms with van der Waals surface area (Å²) >= 11 is 0. The fraction of sp³-hybridized carbons (Fsp3) is 0.500. The summed E-state index contributed by atoms with van der Waals surface area (Å²) in [7, 11) is 0. The first-order valence-corrected chi connectivity index (χ1v) is 7.77. The van der Waals surface area contributed by atoms with Crippen LogP contribution in [0.15, 0.2) is 24.3 Å². The minimum Gasteiger partial charge on any atom is -0.384 e. The second-order valence-corrected chi connectivity index (χ2v) is 5.65. The van der Waals surface area contributed by atoms with Crippen molar-refractivity contribution in [3.05, 3.63) is 29.8 Å². The molecule has 3 nitrogen and oxygen atoms in total. The standard InChI is InChI=1S/C18H23NO2/c20-13-5-8-15-9-11-17(12-10-15)19-18(21)14-16-6-3-1-2-4-7-16/h9-12,16,20H,1-4,6-7,13-14H2,(H,19,21). The molecule has 21 heavy (non-hydrogen) atoms. The molecular weight excluding hydrogens is 262 g/mol. The van der Waals surface area contributed by atoms with Gasteiger partial charge in [0.1, 0.15) is 6.61 Å². The third-order valence-electron chi connectivity index (χ3n) is 3.93. The maximum atomic E-state index is 12.1. The quantitative estimate of drug-likeness (QED) is 0.661. The fourth-order valence-electron chi connectivity index (χ4n) is 2.82. The smallest absolute Gasteiger partial charge is 0.224 e. The third-order valence-corrected chi connectivity index (χ3v) is 3.93. The van der Waals surface area contributed by atoms with Gasteiger partial charge in [0.15, 0.2) is 0 Å². The molecule has 0 aromatic heterocycles. The van der Waals surface area contributed by atoms with Gasteiger partial charge in [-0.1, -0.05) is 37.5 Å². The Morgan fingerprint density at radius 2 is 1.81 bits per heavy atom. The Morgan fingerprint density at radius 1 is 1.14 bits per heavy atom. The average Bonchev–Trinajstić information content (AvgIpc) is 2.75. The normalized spacial score (nSPS) is 15.7. The zero-order valence-corrected chi connectivity index (χ0v) is 12.4. The van der Waals surface area contributed by atoms with E-state index in [4.69, 9.17) is 5.11 Å². The highest BCUT2D eigenvalue weighted by molar-refractivity contribution is 5.90. The molecule has 0 spiro atoms. The lowest BCUT2D eigenvalue weighted by Gasteiger charge is -2.13. The number of aliphatic hydroxyl groups is 1. The Bertz CT molecular complexity index is 502. The number of carbonyl (C=O) groups excluding carboxylic acids is 1. The molecule has 0 atom stereocenters. The number of rotatable bonds is 3. The van der Waals surface area contributed by atoms with Crippen molar-refractivity contribution < 1.29 is 9.90 Å². The van der Waals surface area contributed by atoms with Crippen LogP contribution in [-0.4, -0.2) is 17.6 Å². The maximum Gasteiger partial charge on any atom is 0.224 e.